The van der Waals surface area contributed by atoms with Crippen LogP contribution in [-0.4, -0.2) is 28.8 Å². The van der Waals surface area contributed by atoms with Crippen LogP contribution in [0.3, 0.4) is 0 Å². The highest BCUT2D eigenvalue weighted by Gasteiger charge is 2.24. The van der Waals surface area contributed by atoms with Crippen molar-refractivity contribution in [3.63, 3.8) is 0 Å². The Balaban J connectivity index is 1.41. The first-order valence-corrected chi connectivity index (χ1v) is 12.4. The predicted molar refractivity (Wildman–Crippen MR) is 131 cm³/mol. The lowest BCUT2D eigenvalue weighted by Gasteiger charge is -2.27. The lowest BCUT2D eigenvalue weighted by molar-refractivity contribution is 0.0414. The van der Waals surface area contributed by atoms with Gasteiger partial charge in [-0.3, -0.25) is 9.36 Å². The predicted octanol–water partition coefficient (Wildman–Crippen LogP) is 4.41. The molecule has 2 aliphatic rings. The van der Waals surface area contributed by atoms with Crippen molar-refractivity contribution in [1.29, 1.82) is 0 Å². The van der Waals surface area contributed by atoms with E-state index >= 15 is 0 Å². The molecule has 0 spiro atoms. The molecule has 2 atom stereocenters. The molecule has 1 saturated heterocycles. The van der Waals surface area contributed by atoms with Crippen LogP contribution in [0.25, 0.3) is 11.8 Å². The molecule has 3 aromatic rings. The Labute approximate surface area is 197 Å². The molecule has 1 fully saturated rings. The fraction of sp³-hybridized carbons (Fsp3) is 0.385. The number of nitrogens with zero attached hydrogens (tertiary/aromatic N) is 2. The molecule has 5 rings (SSSR count). The summed E-state index contributed by atoms with van der Waals surface area (Å²) < 4.78 is 13.6. The summed E-state index contributed by atoms with van der Waals surface area (Å²) in [4.78, 5) is 17.1. The topological polar surface area (TPSA) is 65.4 Å². The highest BCUT2D eigenvalue weighted by molar-refractivity contribution is 7.09. The largest absolute Gasteiger partial charge is 0.380 e. The smallest absolute Gasteiger partial charge is 0.254 e. The summed E-state index contributed by atoms with van der Waals surface area (Å²) in [6.45, 7) is 4.99. The first-order chi connectivity index (χ1) is 16.2. The van der Waals surface area contributed by atoms with Crippen molar-refractivity contribution in [1.82, 2.24) is 14.9 Å². The van der Waals surface area contributed by atoms with E-state index in [1.54, 1.807) is 28.0 Å². The van der Waals surface area contributed by atoms with Crippen molar-refractivity contribution in [2.75, 3.05) is 13.2 Å². The second-order valence-corrected chi connectivity index (χ2v) is 9.48. The molecule has 1 unspecified atom stereocenters. The van der Waals surface area contributed by atoms with Gasteiger partial charge in [0.25, 0.3) is 5.56 Å². The average molecular weight is 464 g/mol. The number of rotatable bonds is 8. The summed E-state index contributed by atoms with van der Waals surface area (Å²) >= 11 is 1.64. The number of fused-ring (bicyclic) bond motifs is 1. The molecule has 1 aliphatic heterocycles. The van der Waals surface area contributed by atoms with Gasteiger partial charge >= 0.3 is 0 Å². The number of nitrogens with one attached hydrogen (secondary N) is 1. The first-order valence-electron chi connectivity index (χ1n) is 11.6. The van der Waals surface area contributed by atoms with Crippen LogP contribution < -0.4 is 10.9 Å². The molecule has 3 heterocycles. The third-order valence-electron chi connectivity index (χ3n) is 6.24. The van der Waals surface area contributed by atoms with Crippen LogP contribution in [0.5, 0.6) is 0 Å². The van der Waals surface area contributed by atoms with E-state index in [4.69, 9.17) is 9.47 Å². The number of aromatic nitrogens is 2. The molecule has 33 heavy (non-hydrogen) atoms. The number of pyridine rings is 1. The Bertz CT molecular complexity index is 1190. The van der Waals surface area contributed by atoms with Gasteiger partial charge in [0.1, 0.15) is 5.01 Å². The summed E-state index contributed by atoms with van der Waals surface area (Å²) in [6, 6.07) is 12.2. The van der Waals surface area contributed by atoms with Crippen molar-refractivity contribution in [2.24, 2.45) is 0 Å². The number of thiazole rings is 1. The second-order valence-electron chi connectivity index (χ2n) is 8.54. The molecular formula is C26H29N3O3S. The van der Waals surface area contributed by atoms with Gasteiger partial charge in [-0.2, -0.15) is 0 Å². The Morgan fingerprint density at radius 3 is 3.03 bits per heavy atom. The number of hydrogen-bond donors (Lipinski definition) is 1. The second kappa shape index (κ2) is 10.1. The van der Waals surface area contributed by atoms with Crippen LogP contribution in [0.1, 0.15) is 53.3 Å². The van der Waals surface area contributed by atoms with Gasteiger partial charge in [0.05, 0.1) is 25.0 Å². The SMILES string of the molecule is CCc1csc(CO[C@@H]2CC(n3ccccc3=O)=Cc3ccc(CNC4CCOC4)cc32)n1. The van der Waals surface area contributed by atoms with Gasteiger partial charge in [-0.25, -0.2) is 4.98 Å². The molecule has 7 heteroatoms. The van der Waals surface area contributed by atoms with E-state index in [0.717, 1.165) is 60.1 Å². The highest BCUT2D eigenvalue weighted by atomic mass is 32.1. The number of aryl methyl sites for hydroxylation is 1. The zero-order chi connectivity index (χ0) is 22.6. The third kappa shape index (κ3) is 5.17. The van der Waals surface area contributed by atoms with E-state index in [1.807, 2.05) is 12.3 Å². The molecule has 0 radical (unpaired) electrons. The standard InChI is InChI=1S/C26H29N3O3S/c1-2-20-17-33-25(28-20)16-32-24-13-22(29-9-4-3-5-26(29)30)12-19-7-6-18(11-23(19)24)14-27-21-8-10-31-15-21/h3-7,9,11-12,17,21,24,27H,2,8,10,13-16H2,1H3/t21?,24-/m1/s1. The van der Waals surface area contributed by atoms with E-state index in [2.05, 4.69) is 46.9 Å². The van der Waals surface area contributed by atoms with Crippen molar-refractivity contribution in [2.45, 2.75) is 51.5 Å². The van der Waals surface area contributed by atoms with Crippen molar-refractivity contribution < 1.29 is 9.47 Å². The van der Waals surface area contributed by atoms with Crippen LogP contribution in [0.4, 0.5) is 0 Å². The molecular weight excluding hydrogens is 434 g/mol. The quantitative estimate of drug-likeness (QED) is 0.536. The summed E-state index contributed by atoms with van der Waals surface area (Å²) in [7, 11) is 0. The Morgan fingerprint density at radius 2 is 2.24 bits per heavy atom. The average Bonchev–Trinajstić information content (AvgIpc) is 3.53. The third-order valence-corrected chi connectivity index (χ3v) is 7.11. The summed E-state index contributed by atoms with van der Waals surface area (Å²) in [5, 5.41) is 6.68. The van der Waals surface area contributed by atoms with Crippen LogP contribution >= 0.6 is 11.3 Å². The van der Waals surface area contributed by atoms with Crippen LogP contribution in [-0.2, 0) is 29.0 Å². The molecule has 0 saturated carbocycles. The van der Waals surface area contributed by atoms with Crippen LogP contribution in [0.15, 0.2) is 52.8 Å². The molecule has 0 bridgehead atoms. The van der Waals surface area contributed by atoms with Gasteiger partial charge in [0.15, 0.2) is 0 Å². The van der Waals surface area contributed by atoms with E-state index in [0.29, 0.717) is 19.1 Å². The minimum absolute atomic E-state index is 0.0296. The Kier molecular flexibility index (Phi) is 6.83. The lowest BCUT2D eigenvalue weighted by atomic mass is 9.90. The maximum Gasteiger partial charge on any atom is 0.254 e. The highest BCUT2D eigenvalue weighted by Crippen LogP contribution is 2.37. The number of ether oxygens (including phenoxy) is 2. The van der Waals surface area contributed by atoms with Crippen molar-refractivity contribution in [3.05, 3.63) is 85.7 Å². The van der Waals surface area contributed by atoms with Crippen LogP contribution in [0, 0.1) is 0 Å². The monoisotopic (exact) mass is 463 g/mol. The minimum atomic E-state index is -0.143. The normalized spacial score (nSPS) is 20.0. The van der Waals surface area contributed by atoms with Gasteiger partial charge in [-0.1, -0.05) is 31.2 Å². The van der Waals surface area contributed by atoms with Gasteiger partial charge in [0, 0.05) is 49.0 Å². The van der Waals surface area contributed by atoms with Crippen molar-refractivity contribution in [3.8, 4) is 0 Å². The maximum atomic E-state index is 12.5. The molecule has 2 aromatic heterocycles. The van der Waals surface area contributed by atoms with Gasteiger partial charge in [-0.05, 0) is 41.7 Å². The zero-order valence-electron chi connectivity index (χ0n) is 18.8. The van der Waals surface area contributed by atoms with Crippen molar-refractivity contribution >= 4 is 23.1 Å². The lowest BCUT2D eigenvalue weighted by Crippen LogP contribution is -2.28. The first kappa shape index (κ1) is 22.2. The number of benzene rings is 1. The molecule has 1 aromatic carbocycles. The molecule has 1 N–H and O–H groups in total. The van der Waals surface area contributed by atoms with Gasteiger partial charge in [0.2, 0.25) is 0 Å². The maximum absolute atomic E-state index is 12.5. The minimum Gasteiger partial charge on any atom is -0.380 e. The molecule has 1 aliphatic carbocycles. The zero-order valence-corrected chi connectivity index (χ0v) is 19.6. The molecule has 6 nitrogen and oxygen atoms in total. The summed E-state index contributed by atoms with van der Waals surface area (Å²) in [5.41, 5.74) is 5.50. The Morgan fingerprint density at radius 1 is 1.30 bits per heavy atom. The molecule has 0 amide bonds. The van der Waals surface area contributed by atoms with E-state index in [1.165, 1.54) is 5.56 Å². The summed E-state index contributed by atoms with van der Waals surface area (Å²) in [6.07, 6.45) is 6.41. The van der Waals surface area contributed by atoms with E-state index in [-0.39, 0.29) is 11.7 Å². The number of hydrogen-bond acceptors (Lipinski definition) is 6. The van der Waals surface area contributed by atoms with Gasteiger partial charge < -0.3 is 14.8 Å². The van der Waals surface area contributed by atoms with Crippen LogP contribution in [0.2, 0.25) is 0 Å². The summed E-state index contributed by atoms with van der Waals surface area (Å²) in [5.74, 6) is 0. The fourth-order valence-electron chi connectivity index (χ4n) is 4.37. The van der Waals surface area contributed by atoms with E-state index in [9.17, 15) is 4.79 Å². The molecule has 172 valence electrons. The van der Waals surface area contributed by atoms with E-state index < -0.39 is 0 Å². The Hall–Kier alpha value is -2.58. The van der Waals surface area contributed by atoms with Gasteiger partial charge in [-0.15, -0.1) is 11.3 Å². The fourth-order valence-corrected chi connectivity index (χ4v) is 5.17.